The van der Waals surface area contributed by atoms with Crippen molar-refractivity contribution >= 4 is 5.78 Å². The fourth-order valence-electron chi connectivity index (χ4n) is 4.50. The minimum Gasteiger partial charge on any atom is -0.393 e. The number of rotatable bonds is 10. The van der Waals surface area contributed by atoms with Crippen LogP contribution in [0.25, 0.3) is 0 Å². The normalized spacial score (nSPS) is 26.5. The molecule has 166 valence electrons. The molecule has 0 radical (unpaired) electrons. The molecule has 0 aromatic heterocycles. The lowest BCUT2D eigenvalue weighted by Crippen LogP contribution is -2.31. The van der Waals surface area contributed by atoms with E-state index in [1.165, 1.54) is 0 Å². The Labute approximate surface area is 181 Å². The molecule has 4 nitrogen and oxygen atoms in total. The third-order valence-corrected chi connectivity index (χ3v) is 6.62. The molecule has 3 N–H and O–H groups in total. The van der Waals surface area contributed by atoms with Gasteiger partial charge in [0.2, 0.25) is 0 Å². The highest BCUT2D eigenvalue weighted by Crippen LogP contribution is 2.32. The third-order valence-electron chi connectivity index (χ3n) is 6.62. The van der Waals surface area contributed by atoms with Crippen LogP contribution in [0.1, 0.15) is 64.9 Å². The van der Waals surface area contributed by atoms with Gasteiger partial charge in [-0.2, -0.15) is 0 Å². The van der Waals surface area contributed by atoms with E-state index in [4.69, 9.17) is 0 Å². The van der Waals surface area contributed by atoms with Crippen LogP contribution in [0.2, 0.25) is 0 Å². The highest BCUT2D eigenvalue weighted by molar-refractivity contribution is 5.78. The van der Waals surface area contributed by atoms with E-state index in [9.17, 15) is 20.1 Å². The zero-order valence-electron chi connectivity index (χ0n) is 18.6. The van der Waals surface area contributed by atoms with E-state index < -0.39 is 18.3 Å². The third kappa shape index (κ3) is 6.94. The van der Waals surface area contributed by atoms with Crippen molar-refractivity contribution in [3.63, 3.8) is 0 Å². The van der Waals surface area contributed by atoms with Crippen molar-refractivity contribution in [2.75, 3.05) is 0 Å². The predicted molar refractivity (Wildman–Crippen MR) is 120 cm³/mol. The molecule has 0 spiro atoms. The molecule has 1 saturated carbocycles. The lowest BCUT2D eigenvalue weighted by molar-refractivity contribution is -0.120. The first-order valence-electron chi connectivity index (χ1n) is 11.5. The summed E-state index contributed by atoms with van der Waals surface area (Å²) in [4.78, 5) is 12.5. The summed E-state index contributed by atoms with van der Waals surface area (Å²) in [6.07, 6.45) is 2.63. The molecule has 2 unspecified atom stereocenters. The van der Waals surface area contributed by atoms with Gasteiger partial charge in [0.05, 0.1) is 18.1 Å². The van der Waals surface area contributed by atoms with E-state index >= 15 is 0 Å². The number of aliphatic hydroxyl groups excluding tert-OH is 3. The van der Waals surface area contributed by atoms with Gasteiger partial charge < -0.3 is 15.3 Å². The van der Waals surface area contributed by atoms with Crippen molar-refractivity contribution in [3.8, 4) is 11.8 Å². The van der Waals surface area contributed by atoms with E-state index in [0.29, 0.717) is 25.7 Å². The average Bonchev–Trinajstić information content (AvgIpc) is 2.99. The second-order valence-corrected chi connectivity index (χ2v) is 8.86. The van der Waals surface area contributed by atoms with Crippen molar-refractivity contribution in [1.29, 1.82) is 0 Å². The monoisotopic (exact) mass is 414 g/mol. The molecule has 30 heavy (non-hydrogen) atoms. The van der Waals surface area contributed by atoms with Crippen LogP contribution >= 0.6 is 0 Å². The summed E-state index contributed by atoms with van der Waals surface area (Å²) < 4.78 is 0. The van der Waals surface area contributed by atoms with Gasteiger partial charge in [-0.25, -0.2) is 0 Å². The summed E-state index contributed by atoms with van der Waals surface area (Å²) >= 11 is 0. The Morgan fingerprint density at radius 3 is 2.43 bits per heavy atom. The van der Waals surface area contributed by atoms with Crippen LogP contribution in [0, 0.1) is 35.5 Å². The molecule has 0 heterocycles. The molecule has 7 atom stereocenters. The molecular weight excluding hydrogens is 376 g/mol. The highest BCUT2D eigenvalue weighted by Gasteiger charge is 2.38. The molecule has 2 rings (SSSR count). The number of benzene rings is 1. The highest BCUT2D eigenvalue weighted by atomic mass is 16.3. The van der Waals surface area contributed by atoms with E-state index in [2.05, 4.69) is 25.7 Å². The number of aliphatic hydroxyl groups is 3. The van der Waals surface area contributed by atoms with E-state index in [0.717, 1.165) is 24.8 Å². The second-order valence-electron chi connectivity index (χ2n) is 8.86. The molecule has 1 aliphatic rings. The average molecular weight is 415 g/mol. The van der Waals surface area contributed by atoms with Crippen LogP contribution in [-0.2, 0) is 11.2 Å². The summed E-state index contributed by atoms with van der Waals surface area (Å²) in [7, 11) is 0. The Morgan fingerprint density at radius 1 is 1.17 bits per heavy atom. The van der Waals surface area contributed by atoms with Gasteiger partial charge in [0.1, 0.15) is 11.9 Å². The Kier molecular flexibility index (Phi) is 10.0. The SMILES string of the molecule is CCCCC(=O)CC(CC)C(Cc1ccccc1)[C@H](O)C#C[C@@H]1[C@@H](C)[C@@H](O)C[C@H]1O. The number of carbonyl (C=O) groups excluding carboxylic acids is 1. The number of ketones is 1. The molecule has 1 aliphatic carbocycles. The van der Waals surface area contributed by atoms with Crippen molar-refractivity contribution in [2.24, 2.45) is 23.7 Å². The Bertz CT molecular complexity index is 705. The smallest absolute Gasteiger partial charge is 0.133 e. The zero-order chi connectivity index (χ0) is 22.1. The van der Waals surface area contributed by atoms with Gasteiger partial charge in [0.25, 0.3) is 0 Å². The van der Waals surface area contributed by atoms with Gasteiger partial charge in [0.15, 0.2) is 0 Å². The van der Waals surface area contributed by atoms with Gasteiger partial charge in [-0.1, -0.05) is 75.8 Å². The first-order chi connectivity index (χ1) is 14.4. The molecule has 0 bridgehead atoms. The summed E-state index contributed by atoms with van der Waals surface area (Å²) in [5, 5.41) is 31.2. The molecular formula is C26H38O4. The summed E-state index contributed by atoms with van der Waals surface area (Å²) in [6.45, 7) is 6.03. The first-order valence-corrected chi connectivity index (χ1v) is 11.5. The van der Waals surface area contributed by atoms with Crippen LogP contribution in [0.5, 0.6) is 0 Å². The van der Waals surface area contributed by atoms with E-state index in [1.807, 2.05) is 37.3 Å². The Hall–Kier alpha value is -1.67. The molecule has 0 amide bonds. The van der Waals surface area contributed by atoms with Crippen LogP contribution in [0.3, 0.4) is 0 Å². The molecule has 1 fully saturated rings. The maximum absolute atomic E-state index is 12.5. The Morgan fingerprint density at radius 2 is 1.87 bits per heavy atom. The fourth-order valence-corrected chi connectivity index (χ4v) is 4.50. The second kappa shape index (κ2) is 12.2. The first kappa shape index (κ1) is 24.6. The van der Waals surface area contributed by atoms with E-state index in [1.54, 1.807) is 0 Å². The van der Waals surface area contributed by atoms with Crippen LogP contribution < -0.4 is 0 Å². The van der Waals surface area contributed by atoms with Crippen LogP contribution in [0.4, 0.5) is 0 Å². The largest absolute Gasteiger partial charge is 0.393 e. The minimum absolute atomic E-state index is 0.0513. The predicted octanol–water partition coefficient (Wildman–Crippen LogP) is 3.76. The maximum Gasteiger partial charge on any atom is 0.133 e. The molecule has 4 heteroatoms. The standard InChI is InChI=1S/C26H38O4/c1-4-6-12-21(27)16-20(5-2)23(15-19-10-8-7-9-11-19)24(28)14-13-22-18(3)25(29)17-26(22)30/h7-11,18,20,22-26,28-30H,4-6,12,15-17H2,1-3H3/t18-,20?,22-,23?,24-,25+,26-/m1/s1. The van der Waals surface area contributed by atoms with Crippen LogP contribution in [0.15, 0.2) is 30.3 Å². The summed E-state index contributed by atoms with van der Waals surface area (Å²) in [5.41, 5.74) is 1.12. The Balaban J connectivity index is 2.19. The molecule has 0 aliphatic heterocycles. The van der Waals surface area contributed by atoms with Crippen molar-refractivity contribution in [3.05, 3.63) is 35.9 Å². The van der Waals surface area contributed by atoms with Crippen molar-refractivity contribution < 1.29 is 20.1 Å². The zero-order valence-corrected chi connectivity index (χ0v) is 18.6. The lowest BCUT2D eigenvalue weighted by atomic mass is 9.78. The van der Waals surface area contributed by atoms with Crippen molar-refractivity contribution in [2.45, 2.75) is 84.0 Å². The summed E-state index contributed by atoms with van der Waals surface area (Å²) in [6, 6.07) is 10.0. The van der Waals surface area contributed by atoms with Gasteiger partial charge >= 0.3 is 0 Å². The number of carbonyl (C=O) groups is 1. The maximum atomic E-state index is 12.5. The van der Waals surface area contributed by atoms with Gasteiger partial charge in [-0.3, -0.25) is 4.79 Å². The lowest BCUT2D eigenvalue weighted by Gasteiger charge is -2.28. The van der Waals surface area contributed by atoms with E-state index in [-0.39, 0.29) is 29.5 Å². The number of unbranched alkanes of at least 4 members (excludes halogenated alkanes) is 1. The molecule has 0 saturated heterocycles. The van der Waals surface area contributed by atoms with Gasteiger partial charge in [-0.15, -0.1) is 0 Å². The number of hydrogen-bond acceptors (Lipinski definition) is 4. The quantitative estimate of drug-likeness (QED) is 0.510. The number of hydrogen-bond donors (Lipinski definition) is 3. The van der Waals surface area contributed by atoms with Crippen LogP contribution in [-0.4, -0.2) is 39.4 Å². The van der Waals surface area contributed by atoms with Crippen molar-refractivity contribution in [1.82, 2.24) is 0 Å². The van der Waals surface area contributed by atoms with Gasteiger partial charge in [-0.05, 0) is 30.2 Å². The van der Waals surface area contributed by atoms with Gasteiger partial charge in [0, 0.05) is 25.2 Å². The molecule has 1 aromatic rings. The minimum atomic E-state index is -0.883. The molecule has 1 aromatic carbocycles. The summed E-state index contributed by atoms with van der Waals surface area (Å²) in [5.74, 6) is 5.72. The topological polar surface area (TPSA) is 77.8 Å². The fraction of sp³-hybridized carbons (Fsp3) is 0.654. The number of Topliss-reactive ketones (excluding diaryl/α,β-unsaturated/α-hetero) is 1.